The molecule has 1 aliphatic rings. The largest absolute Gasteiger partial charge is 0.497 e. The summed E-state index contributed by atoms with van der Waals surface area (Å²) in [6, 6.07) is 14.5. The number of benzene rings is 2. The lowest BCUT2D eigenvalue weighted by molar-refractivity contribution is -0.124. The number of likely N-dealkylation sites (tertiary alicyclic amines) is 1. The lowest BCUT2D eigenvalue weighted by Crippen LogP contribution is -2.47. The second-order valence-corrected chi connectivity index (χ2v) is 6.72. The van der Waals surface area contributed by atoms with Gasteiger partial charge in [0.2, 0.25) is 5.91 Å². The molecule has 6 nitrogen and oxygen atoms in total. The van der Waals surface area contributed by atoms with E-state index in [2.05, 4.69) is 10.6 Å². The number of nitrogens with one attached hydrogen (secondary N) is 2. The maximum atomic E-state index is 12.6. The van der Waals surface area contributed by atoms with Crippen LogP contribution < -0.4 is 15.4 Å². The van der Waals surface area contributed by atoms with Gasteiger partial charge >= 0.3 is 6.03 Å². The van der Waals surface area contributed by atoms with Crippen molar-refractivity contribution in [2.24, 2.45) is 0 Å². The Morgan fingerprint density at radius 3 is 2.70 bits per heavy atom. The Kier molecular flexibility index (Phi) is 5.96. The second kappa shape index (κ2) is 8.58. The SMILES string of the molecule is COc1cccc(NC(=O)N2CCC[C@@H]2C(=O)NCc2ccc(C)cc2)c1. The number of hydrogen-bond acceptors (Lipinski definition) is 3. The smallest absolute Gasteiger partial charge is 0.322 e. The lowest BCUT2D eigenvalue weighted by Gasteiger charge is -2.24. The summed E-state index contributed by atoms with van der Waals surface area (Å²) in [7, 11) is 1.58. The molecule has 6 heteroatoms. The number of hydrogen-bond donors (Lipinski definition) is 2. The number of methoxy groups -OCH3 is 1. The van der Waals surface area contributed by atoms with E-state index in [1.807, 2.05) is 43.3 Å². The number of ether oxygens (including phenoxy) is 1. The van der Waals surface area contributed by atoms with Gasteiger partial charge in [0, 0.05) is 24.8 Å². The maximum Gasteiger partial charge on any atom is 0.322 e. The van der Waals surface area contributed by atoms with Crippen LogP contribution in [0.5, 0.6) is 5.75 Å². The molecule has 0 radical (unpaired) electrons. The van der Waals surface area contributed by atoms with Crippen molar-refractivity contribution in [3.63, 3.8) is 0 Å². The van der Waals surface area contributed by atoms with E-state index in [-0.39, 0.29) is 11.9 Å². The molecule has 27 heavy (non-hydrogen) atoms. The fourth-order valence-electron chi connectivity index (χ4n) is 3.19. The van der Waals surface area contributed by atoms with Gasteiger partial charge in [-0.05, 0) is 37.5 Å². The van der Waals surface area contributed by atoms with Crippen molar-refractivity contribution in [1.82, 2.24) is 10.2 Å². The molecule has 1 aliphatic heterocycles. The van der Waals surface area contributed by atoms with E-state index in [1.54, 1.807) is 24.1 Å². The van der Waals surface area contributed by atoms with E-state index in [4.69, 9.17) is 4.74 Å². The van der Waals surface area contributed by atoms with E-state index in [9.17, 15) is 9.59 Å². The number of nitrogens with zero attached hydrogens (tertiary/aromatic N) is 1. The Morgan fingerprint density at radius 2 is 1.96 bits per heavy atom. The van der Waals surface area contributed by atoms with Gasteiger partial charge in [0.05, 0.1) is 7.11 Å². The zero-order chi connectivity index (χ0) is 19.2. The average molecular weight is 367 g/mol. The van der Waals surface area contributed by atoms with Crippen LogP contribution in [0.15, 0.2) is 48.5 Å². The standard InChI is InChI=1S/C21H25N3O3/c1-15-8-10-16(11-9-15)14-22-20(25)19-7-4-12-24(19)21(26)23-17-5-3-6-18(13-17)27-2/h3,5-6,8-11,13,19H,4,7,12,14H2,1-2H3,(H,22,25)(H,23,26)/t19-/m1/s1. The average Bonchev–Trinajstić information content (AvgIpc) is 3.17. The molecule has 2 N–H and O–H groups in total. The minimum atomic E-state index is -0.443. The van der Waals surface area contributed by atoms with Crippen LogP contribution in [-0.2, 0) is 11.3 Å². The van der Waals surface area contributed by atoms with Crippen LogP contribution in [0.4, 0.5) is 10.5 Å². The summed E-state index contributed by atoms with van der Waals surface area (Å²) in [5.74, 6) is 0.551. The van der Waals surface area contributed by atoms with Crippen LogP contribution in [0.25, 0.3) is 0 Å². The van der Waals surface area contributed by atoms with Crippen LogP contribution in [-0.4, -0.2) is 36.5 Å². The van der Waals surface area contributed by atoms with Gasteiger partial charge in [-0.3, -0.25) is 4.79 Å². The zero-order valence-electron chi connectivity index (χ0n) is 15.7. The van der Waals surface area contributed by atoms with Crippen molar-refractivity contribution in [1.29, 1.82) is 0 Å². The van der Waals surface area contributed by atoms with Gasteiger partial charge in [0.25, 0.3) is 0 Å². The Morgan fingerprint density at radius 1 is 1.19 bits per heavy atom. The fourth-order valence-corrected chi connectivity index (χ4v) is 3.19. The van der Waals surface area contributed by atoms with E-state index in [0.29, 0.717) is 30.9 Å². The molecule has 0 unspecified atom stereocenters. The normalized spacial score (nSPS) is 16.1. The fraction of sp³-hybridized carbons (Fsp3) is 0.333. The Hall–Kier alpha value is -3.02. The summed E-state index contributed by atoms with van der Waals surface area (Å²) < 4.78 is 5.17. The van der Waals surface area contributed by atoms with Gasteiger partial charge in [0.1, 0.15) is 11.8 Å². The van der Waals surface area contributed by atoms with Gasteiger partial charge in [-0.25, -0.2) is 4.79 Å². The van der Waals surface area contributed by atoms with E-state index in [1.165, 1.54) is 5.56 Å². The third-order valence-electron chi connectivity index (χ3n) is 4.72. The molecule has 142 valence electrons. The van der Waals surface area contributed by atoms with Crippen LogP contribution in [0.1, 0.15) is 24.0 Å². The highest BCUT2D eigenvalue weighted by atomic mass is 16.5. The molecule has 2 aromatic carbocycles. The summed E-state index contributed by atoms with van der Waals surface area (Å²) in [5.41, 5.74) is 2.87. The van der Waals surface area contributed by atoms with Gasteiger partial charge in [-0.15, -0.1) is 0 Å². The predicted octanol–water partition coefficient (Wildman–Crippen LogP) is 3.32. The molecule has 1 fully saturated rings. The van der Waals surface area contributed by atoms with Crippen molar-refractivity contribution in [3.8, 4) is 5.75 Å². The first kappa shape index (κ1) is 18.8. The number of anilines is 1. The van der Waals surface area contributed by atoms with Gasteiger partial charge in [-0.2, -0.15) is 0 Å². The van der Waals surface area contributed by atoms with E-state index >= 15 is 0 Å². The summed E-state index contributed by atoms with van der Waals surface area (Å²) in [6.07, 6.45) is 1.49. The topological polar surface area (TPSA) is 70.7 Å². The molecule has 3 amide bonds. The molecule has 1 saturated heterocycles. The van der Waals surface area contributed by atoms with Crippen LogP contribution >= 0.6 is 0 Å². The highest BCUT2D eigenvalue weighted by Gasteiger charge is 2.34. The number of urea groups is 1. The number of aryl methyl sites for hydroxylation is 1. The molecule has 0 aromatic heterocycles. The molecule has 0 aliphatic carbocycles. The first-order valence-corrected chi connectivity index (χ1v) is 9.12. The molecular weight excluding hydrogens is 342 g/mol. The summed E-state index contributed by atoms with van der Waals surface area (Å²) >= 11 is 0. The van der Waals surface area contributed by atoms with Crippen molar-refractivity contribution in [3.05, 3.63) is 59.7 Å². The second-order valence-electron chi connectivity index (χ2n) is 6.72. The van der Waals surface area contributed by atoms with Gasteiger partial charge in [0.15, 0.2) is 0 Å². The molecule has 2 aromatic rings. The maximum absolute atomic E-state index is 12.6. The number of rotatable bonds is 5. The number of carbonyl (C=O) groups is 2. The minimum absolute atomic E-state index is 0.117. The molecule has 1 heterocycles. The highest BCUT2D eigenvalue weighted by molar-refractivity contribution is 5.94. The molecule has 1 atom stereocenters. The quantitative estimate of drug-likeness (QED) is 0.852. The van der Waals surface area contributed by atoms with E-state index < -0.39 is 6.04 Å². The zero-order valence-corrected chi connectivity index (χ0v) is 15.7. The van der Waals surface area contributed by atoms with Crippen molar-refractivity contribution < 1.29 is 14.3 Å². The monoisotopic (exact) mass is 367 g/mol. The number of carbonyl (C=O) groups excluding carboxylic acids is 2. The predicted molar refractivity (Wildman–Crippen MR) is 105 cm³/mol. The van der Waals surface area contributed by atoms with Gasteiger partial charge < -0.3 is 20.3 Å². The molecule has 3 rings (SSSR count). The Bertz CT molecular complexity index is 805. The van der Waals surface area contributed by atoms with Crippen LogP contribution in [0, 0.1) is 6.92 Å². The summed E-state index contributed by atoms with van der Waals surface area (Å²) in [4.78, 5) is 26.8. The van der Waals surface area contributed by atoms with Crippen LogP contribution in [0.2, 0.25) is 0 Å². The van der Waals surface area contributed by atoms with E-state index in [0.717, 1.165) is 12.0 Å². The Balaban J connectivity index is 1.59. The molecular formula is C21H25N3O3. The first-order valence-electron chi connectivity index (χ1n) is 9.12. The van der Waals surface area contributed by atoms with Crippen molar-refractivity contribution in [2.75, 3.05) is 19.0 Å². The molecule has 0 saturated carbocycles. The third kappa shape index (κ3) is 4.78. The lowest BCUT2D eigenvalue weighted by atomic mass is 10.1. The highest BCUT2D eigenvalue weighted by Crippen LogP contribution is 2.21. The molecule has 0 bridgehead atoms. The first-order chi connectivity index (χ1) is 13.1. The minimum Gasteiger partial charge on any atom is -0.497 e. The summed E-state index contributed by atoms with van der Waals surface area (Å²) in [6.45, 7) is 3.05. The molecule has 0 spiro atoms. The summed E-state index contributed by atoms with van der Waals surface area (Å²) in [5, 5.41) is 5.80. The van der Waals surface area contributed by atoms with Gasteiger partial charge in [-0.1, -0.05) is 35.9 Å². The van der Waals surface area contributed by atoms with Crippen LogP contribution in [0.3, 0.4) is 0 Å². The third-order valence-corrected chi connectivity index (χ3v) is 4.72. The Labute approximate surface area is 159 Å². The van der Waals surface area contributed by atoms with Crippen molar-refractivity contribution in [2.45, 2.75) is 32.4 Å². The number of amides is 3. The van der Waals surface area contributed by atoms with Crippen molar-refractivity contribution >= 4 is 17.6 Å².